The topological polar surface area (TPSA) is 28.7 Å². The third kappa shape index (κ3) is 3.68. The van der Waals surface area contributed by atoms with Crippen molar-refractivity contribution in [3.05, 3.63) is 77.2 Å². The molecule has 2 heteroatoms. The number of nitrogens with zero attached hydrogens (tertiary/aromatic N) is 1. The van der Waals surface area contributed by atoms with Gasteiger partial charge in [0.25, 0.3) is 0 Å². The van der Waals surface area contributed by atoms with E-state index in [0.29, 0.717) is 0 Å². The smallest absolute Gasteiger partial charge is 0.111 e. The van der Waals surface area contributed by atoms with E-state index in [-0.39, 0.29) is 0 Å². The average molecular weight is 330 g/mol. The molecule has 1 aliphatic rings. The third-order valence-corrected chi connectivity index (χ3v) is 5.41. The van der Waals surface area contributed by atoms with Crippen molar-refractivity contribution in [1.82, 2.24) is 9.97 Å². The lowest BCUT2D eigenvalue weighted by molar-refractivity contribution is 0.443. The van der Waals surface area contributed by atoms with Crippen LogP contribution in [0.25, 0.3) is 11.3 Å². The van der Waals surface area contributed by atoms with E-state index in [4.69, 9.17) is 4.98 Å². The summed E-state index contributed by atoms with van der Waals surface area (Å²) < 4.78 is 0. The van der Waals surface area contributed by atoms with Crippen LogP contribution in [-0.4, -0.2) is 9.97 Å². The van der Waals surface area contributed by atoms with Gasteiger partial charge in [0.2, 0.25) is 0 Å². The monoisotopic (exact) mass is 330 g/mol. The molecule has 0 bridgehead atoms. The first kappa shape index (κ1) is 16.1. The number of imidazole rings is 1. The Morgan fingerprint density at radius 2 is 1.64 bits per heavy atom. The summed E-state index contributed by atoms with van der Waals surface area (Å²) in [7, 11) is 0. The number of aryl methyl sites for hydroxylation is 1. The standard InChI is InChI=1S/C23H26N2/c1-17-23(25-22(24-17)16-18-8-4-2-5-9-18)21-14-12-20(13-15-21)19-10-6-3-7-11-19/h2,4-5,8-9,12-15,19H,3,6-7,10-11,16H2,1H3,(H,24,25). The SMILES string of the molecule is Cc1[nH]c(Cc2ccccc2)nc1-c1ccc(C2CCCCC2)cc1. The zero-order chi connectivity index (χ0) is 17.1. The highest BCUT2D eigenvalue weighted by Crippen LogP contribution is 2.33. The predicted octanol–water partition coefficient (Wildman–Crippen LogP) is 6.02. The van der Waals surface area contributed by atoms with Crippen molar-refractivity contribution < 1.29 is 0 Å². The van der Waals surface area contributed by atoms with E-state index in [1.165, 1.54) is 48.8 Å². The number of H-pyrrole nitrogens is 1. The van der Waals surface area contributed by atoms with Crippen LogP contribution < -0.4 is 0 Å². The fourth-order valence-electron chi connectivity index (χ4n) is 4.03. The Morgan fingerprint density at radius 1 is 0.920 bits per heavy atom. The Hall–Kier alpha value is -2.35. The molecule has 0 saturated heterocycles. The van der Waals surface area contributed by atoms with E-state index >= 15 is 0 Å². The van der Waals surface area contributed by atoms with Crippen molar-refractivity contribution in [1.29, 1.82) is 0 Å². The zero-order valence-corrected chi connectivity index (χ0v) is 15.0. The first-order chi connectivity index (χ1) is 12.3. The minimum atomic E-state index is 0.761. The van der Waals surface area contributed by atoms with Crippen LogP contribution >= 0.6 is 0 Å². The maximum atomic E-state index is 4.86. The molecule has 3 aromatic rings. The molecule has 1 N–H and O–H groups in total. The van der Waals surface area contributed by atoms with Crippen LogP contribution in [0.2, 0.25) is 0 Å². The van der Waals surface area contributed by atoms with Gasteiger partial charge in [-0.05, 0) is 36.8 Å². The minimum absolute atomic E-state index is 0.761. The summed E-state index contributed by atoms with van der Waals surface area (Å²) in [6.07, 6.45) is 7.72. The Balaban J connectivity index is 1.53. The molecule has 0 spiro atoms. The van der Waals surface area contributed by atoms with Gasteiger partial charge in [-0.15, -0.1) is 0 Å². The number of hydrogen-bond acceptors (Lipinski definition) is 1. The number of nitrogens with one attached hydrogen (secondary N) is 1. The van der Waals surface area contributed by atoms with Gasteiger partial charge >= 0.3 is 0 Å². The van der Waals surface area contributed by atoms with Gasteiger partial charge in [-0.2, -0.15) is 0 Å². The molecule has 2 aromatic carbocycles. The van der Waals surface area contributed by atoms with E-state index in [2.05, 4.69) is 66.5 Å². The van der Waals surface area contributed by atoms with Gasteiger partial charge in [0, 0.05) is 17.7 Å². The second kappa shape index (κ2) is 7.26. The second-order valence-electron chi connectivity index (χ2n) is 7.28. The highest BCUT2D eigenvalue weighted by molar-refractivity contribution is 5.62. The number of hydrogen-bond donors (Lipinski definition) is 1. The van der Waals surface area contributed by atoms with E-state index in [1.807, 2.05) is 0 Å². The van der Waals surface area contributed by atoms with Gasteiger partial charge in [-0.25, -0.2) is 4.98 Å². The summed E-state index contributed by atoms with van der Waals surface area (Å²) in [5.41, 5.74) is 6.24. The molecular formula is C23H26N2. The van der Waals surface area contributed by atoms with Crippen LogP contribution in [0.3, 0.4) is 0 Å². The van der Waals surface area contributed by atoms with E-state index < -0.39 is 0 Å². The summed E-state index contributed by atoms with van der Waals surface area (Å²) >= 11 is 0. The molecule has 0 atom stereocenters. The van der Waals surface area contributed by atoms with Gasteiger partial charge in [0.1, 0.15) is 5.82 Å². The van der Waals surface area contributed by atoms with Crippen molar-refractivity contribution in [3.8, 4) is 11.3 Å². The molecule has 1 fully saturated rings. The number of benzene rings is 2. The average Bonchev–Trinajstić information content (AvgIpc) is 3.03. The molecule has 1 heterocycles. The van der Waals surface area contributed by atoms with Gasteiger partial charge in [-0.3, -0.25) is 0 Å². The summed E-state index contributed by atoms with van der Waals surface area (Å²) in [5, 5.41) is 0. The van der Waals surface area contributed by atoms with E-state index in [0.717, 1.165) is 29.6 Å². The van der Waals surface area contributed by atoms with Crippen LogP contribution in [0.15, 0.2) is 54.6 Å². The zero-order valence-electron chi connectivity index (χ0n) is 15.0. The van der Waals surface area contributed by atoms with Crippen molar-refractivity contribution in [3.63, 3.8) is 0 Å². The molecule has 2 nitrogen and oxygen atoms in total. The highest BCUT2D eigenvalue weighted by Gasteiger charge is 2.16. The molecule has 0 amide bonds. The summed E-state index contributed by atoms with van der Waals surface area (Å²) in [4.78, 5) is 8.32. The van der Waals surface area contributed by atoms with Crippen LogP contribution in [0.1, 0.15) is 60.7 Å². The minimum Gasteiger partial charge on any atom is -0.345 e. The summed E-state index contributed by atoms with van der Waals surface area (Å²) in [6, 6.07) is 19.6. The van der Waals surface area contributed by atoms with E-state index in [9.17, 15) is 0 Å². The van der Waals surface area contributed by atoms with Crippen LogP contribution in [0, 0.1) is 6.92 Å². The molecule has 25 heavy (non-hydrogen) atoms. The van der Waals surface area contributed by atoms with Crippen molar-refractivity contribution in [2.24, 2.45) is 0 Å². The Bertz CT molecular complexity index is 809. The normalized spacial score (nSPS) is 15.4. The second-order valence-corrected chi connectivity index (χ2v) is 7.28. The van der Waals surface area contributed by atoms with Gasteiger partial charge < -0.3 is 4.98 Å². The van der Waals surface area contributed by atoms with Crippen LogP contribution in [0.5, 0.6) is 0 Å². The quantitative estimate of drug-likeness (QED) is 0.622. The Morgan fingerprint density at radius 3 is 2.36 bits per heavy atom. The van der Waals surface area contributed by atoms with Crippen LogP contribution in [-0.2, 0) is 6.42 Å². The largest absolute Gasteiger partial charge is 0.345 e. The maximum Gasteiger partial charge on any atom is 0.111 e. The fourth-order valence-corrected chi connectivity index (χ4v) is 4.03. The molecule has 4 rings (SSSR count). The number of rotatable bonds is 4. The molecule has 1 aromatic heterocycles. The molecule has 0 radical (unpaired) electrons. The third-order valence-electron chi connectivity index (χ3n) is 5.41. The Labute approximate surface area is 150 Å². The lowest BCUT2D eigenvalue weighted by Gasteiger charge is -2.22. The van der Waals surface area contributed by atoms with Crippen LogP contribution in [0.4, 0.5) is 0 Å². The van der Waals surface area contributed by atoms with Crippen molar-refractivity contribution in [2.75, 3.05) is 0 Å². The van der Waals surface area contributed by atoms with Gasteiger partial charge in [0.15, 0.2) is 0 Å². The summed E-state index contributed by atoms with van der Waals surface area (Å²) in [5.74, 6) is 1.80. The first-order valence-electron chi connectivity index (χ1n) is 9.49. The van der Waals surface area contributed by atoms with E-state index in [1.54, 1.807) is 0 Å². The highest BCUT2D eigenvalue weighted by atomic mass is 14.9. The molecule has 0 aliphatic heterocycles. The van der Waals surface area contributed by atoms with Crippen molar-refractivity contribution >= 4 is 0 Å². The molecular weight excluding hydrogens is 304 g/mol. The maximum absolute atomic E-state index is 4.86. The van der Waals surface area contributed by atoms with Gasteiger partial charge in [0.05, 0.1) is 5.69 Å². The predicted molar refractivity (Wildman–Crippen MR) is 104 cm³/mol. The Kier molecular flexibility index (Phi) is 4.69. The number of aromatic amines is 1. The lowest BCUT2D eigenvalue weighted by Crippen LogP contribution is -2.04. The summed E-state index contributed by atoms with van der Waals surface area (Å²) in [6.45, 7) is 2.12. The van der Waals surface area contributed by atoms with Gasteiger partial charge in [-0.1, -0.05) is 73.9 Å². The first-order valence-corrected chi connectivity index (χ1v) is 9.49. The molecule has 128 valence electrons. The molecule has 0 unspecified atom stereocenters. The molecule has 1 saturated carbocycles. The lowest BCUT2D eigenvalue weighted by atomic mass is 9.84. The van der Waals surface area contributed by atoms with Crippen molar-refractivity contribution in [2.45, 2.75) is 51.4 Å². The fraction of sp³-hybridized carbons (Fsp3) is 0.348. The number of aromatic nitrogens is 2. The molecule has 1 aliphatic carbocycles.